The Balaban J connectivity index is 4.26. The van der Waals surface area contributed by atoms with Gasteiger partial charge in [0.2, 0.25) is 5.91 Å². The van der Waals surface area contributed by atoms with Gasteiger partial charge in [-0.3, -0.25) is 14.4 Å². The molecule has 114 valence electrons. The Morgan fingerprint density at radius 3 is 1.90 bits per heavy atom. The number of carbonyl (C=O) groups excluding carboxylic acids is 1. The molecule has 20 heavy (non-hydrogen) atoms. The van der Waals surface area contributed by atoms with Crippen LogP contribution < -0.4 is 10.6 Å². The molecule has 0 aromatic rings. The van der Waals surface area contributed by atoms with E-state index in [1.54, 1.807) is 0 Å². The third-order valence-electron chi connectivity index (χ3n) is 2.44. The fraction of sp³-hybridized carbons (Fsp3) is 0.636. The second-order valence-electron chi connectivity index (χ2n) is 4.16. The monoisotopic (exact) mass is 290 g/mol. The lowest BCUT2D eigenvalue weighted by atomic mass is 10.1. The summed E-state index contributed by atoms with van der Waals surface area (Å²) in [6.07, 6.45) is -0.424. The normalized spacial score (nSPS) is 13.2. The highest BCUT2D eigenvalue weighted by Crippen LogP contribution is 1.99. The molecule has 0 saturated carbocycles. The number of carbonyl (C=O) groups is 4. The fourth-order valence-corrected chi connectivity index (χ4v) is 1.49. The Kier molecular flexibility index (Phi) is 7.90. The highest BCUT2D eigenvalue weighted by Gasteiger charge is 2.21. The van der Waals surface area contributed by atoms with Gasteiger partial charge in [0.05, 0.1) is 0 Å². The van der Waals surface area contributed by atoms with E-state index in [9.17, 15) is 19.2 Å². The van der Waals surface area contributed by atoms with Crippen molar-refractivity contribution in [2.45, 2.75) is 38.3 Å². The number of carboxylic acid groups (broad SMARTS) is 3. The molecule has 0 heterocycles. The van der Waals surface area contributed by atoms with Crippen LogP contribution in [0.25, 0.3) is 0 Å². The summed E-state index contributed by atoms with van der Waals surface area (Å²) in [6.45, 7) is 1.20. The Morgan fingerprint density at radius 1 is 0.950 bits per heavy atom. The van der Waals surface area contributed by atoms with Gasteiger partial charge in [0.25, 0.3) is 0 Å². The number of hydrogen-bond acceptors (Lipinski definition) is 5. The van der Waals surface area contributed by atoms with Crippen LogP contribution in [0.3, 0.4) is 0 Å². The summed E-state index contributed by atoms with van der Waals surface area (Å²) in [7, 11) is 0. The smallest absolute Gasteiger partial charge is 0.326 e. The molecule has 0 rings (SSSR count). The predicted molar refractivity (Wildman–Crippen MR) is 66.2 cm³/mol. The Labute approximate surface area is 115 Å². The van der Waals surface area contributed by atoms with Crippen molar-refractivity contribution >= 4 is 23.8 Å². The Morgan fingerprint density at radius 2 is 1.50 bits per heavy atom. The zero-order valence-electron chi connectivity index (χ0n) is 11.0. The van der Waals surface area contributed by atoms with E-state index in [0.717, 1.165) is 0 Å². The van der Waals surface area contributed by atoms with E-state index in [4.69, 9.17) is 15.3 Å². The zero-order chi connectivity index (χ0) is 15.7. The number of rotatable bonds is 10. The van der Waals surface area contributed by atoms with E-state index >= 15 is 0 Å². The van der Waals surface area contributed by atoms with E-state index in [1.165, 1.54) is 6.92 Å². The van der Waals surface area contributed by atoms with Crippen LogP contribution in [0.4, 0.5) is 0 Å². The van der Waals surface area contributed by atoms with Gasteiger partial charge in [-0.15, -0.1) is 0 Å². The summed E-state index contributed by atoms with van der Waals surface area (Å²) in [5, 5.41) is 31.0. The van der Waals surface area contributed by atoms with Gasteiger partial charge in [0, 0.05) is 13.3 Å². The molecule has 0 spiro atoms. The molecule has 0 aliphatic carbocycles. The van der Waals surface area contributed by atoms with Crippen LogP contribution >= 0.6 is 0 Å². The summed E-state index contributed by atoms with van der Waals surface area (Å²) >= 11 is 0. The van der Waals surface area contributed by atoms with Crippen LogP contribution in [-0.4, -0.2) is 57.8 Å². The van der Waals surface area contributed by atoms with Crippen LogP contribution in [0.5, 0.6) is 0 Å². The van der Waals surface area contributed by atoms with E-state index < -0.39 is 35.9 Å². The SMILES string of the molecule is CC(=O)N[C@@H](CCN[C@@H](CCC(=O)O)C(=O)O)C(=O)O. The zero-order valence-corrected chi connectivity index (χ0v) is 11.0. The third kappa shape index (κ3) is 8.03. The minimum Gasteiger partial charge on any atom is -0.481 e. The maximum atomic E-state index is 10.9. The molecular weight excluding hydrogens is 272 g/mol. The van der Waals surface area contributed by atoms with Crippen molar-refractivity contribution in [1.29, 1.82) is 0 Å². The molecule has 0 aromatic heterocycles. The number of hydrogen-bond donors (Lipinski definition) is 5. The molecule has 9 heteroatoms. The van der Waals surface area contributed by atoms with Crippen molar-refractivity contribution in [1.82, 2.24) is 10.6 Å². The second-order valence-corrected chi connectivity index (χ2v) is 4.16. The molecule has 0 unspecified atom stereocenters. The fourth-order valence-electron chi connectivity index (χ4n) is 1.49. The molecule has 2 atom stereocenters. The average Bonchev–Trinajstić information content (AvgIpc) is 2.30. The minimum atomic E-state index is -1.22. The van der Waals surface area contributed by atoms with Gasteiger partial charge >= 0.3 is 17.9 Å². The van der Waals surface area contributed by atoms with Crippen LogP contribution in [0.15, 0.2) is 0 Å². The molecule has 0 aliphatic rings. The lowest BCUT2D eigenvalue weighted by molar-refractivity contribution is -0.141. The first-order valence-electron chi connectivity index (χ1n) is 5.92. The van der Waals surface area contributed by atoms with Gasteiger partial charge in [0.15, 0.2) is 0 Å². The van der Waals surface area contributed by atoms with Gasteiger partial charge in [-0.05, 0) is 19.4 Å². The topological polar surface area (TPSA) is 153 Å². The van der Waals surface area contributed by atoms with E-state index in [2.05, 4.69) is 10.6 Å². The third-order valence-corrected chi connectivity index (χ3v) is 2.44. The van der Waals surface area contributed by atoms with Gasteiger partial charge in [-0.2, -0.15) is 0 Å². The molecule has 0 bridgehead atoms. The van der Waals surface area contributed by atoms with Gasteiger partial charge in [-0.25, -0.2) is 4.79 Å². The highest BCUT2D eigenvalue weighted by molar-refractivity contribution is 5.82. The van der Waals surface area contributed by atoms with E-state index in [0.29, 0.717) is 0 Å². The summed E-state index contributed by atoms with van der Waals surface area (Å²) in [5.41, 5.74) is 0. The molecule has 0 aromatic carbocycles. The molecule has 0 aliphatic heterocycles. The van der Waals surface area contributed by atoms with E-state index in [-0.39, 0.29) is 25.8 Å². The second kappa shape index (κ2) is 8.86. The van der Waals surface area contributed by atoms with Crippen molar-refractivity contribution in [3.63, 3.8) is 0 Å². The Bertz CT molecular complexity index is 383. The first kappa shape index (κ1) is 17.8. The Hall–Kier alpha value is -2.16. The van der Waals surface area contributed by atoms with Gasteiger partial charge < -0.3 is 26.0 Å². The standard InChI is InChI=1S/C11H18N2O7/c1-6(14)13-8(11(19)20)4-5-12-7(10(17)18)2-3-9(15)16/h7-8,12H,2-5H2,1H3,(H,13,14)(H,15,16)(H,17,18)(H,19,20)/t7-,8-/m0/s1. The quantitative estimate of drug-likeness (QED) is 0.339. The molecule has 0 saturated heterocycles. The lowest BCUT2D eigenvalue weighted by Gasteiger charge is -2.16. The molecule has 5 N–H and O–H groups in total. The predicted octanol–water partition coefficient (Wildman–Crippen LogP) is -1.13. The van der Waals surface area contributed by atoms with Crippen LogP contribution in [-0.2, 0) is 19.2 Å². The highest BCUT2D eigenvalue weighted by atomic mass is 16.4. The number of amides is 1. The van der Waals surface area contributed by atoms with Crippen molar-refractivity contribution in [2.24, 2.45) is 0 Å². The number of carboxylic acids is 3. The molecule has 0 radical (unpaired) electrons. The van der Waals surface area contributed by atoms with Crippen molar-refractivity contribution in [2.75, 3.05) is 6.54 Å². The van der Waals surface area contributed by atoms with E-state index in [1.807, 2.05) is 0 Å². The average molecular weight is 290 g/mol. The maximum absolute atomic E-state index is 10.9. The lowest BCUT2D eigenvalue weighted by Crippen LogP contribution is -2.44. The largest absolute Gasteiger partial charge is 0.481 e. The van der Waals surface area contributed by atoms with Crippen LogP contribution in [0, 0.1) is 0 Å². The van der Waals surface area contributed by atoms with Gasteiger partial charge in [0.1, 0.15) is 12.1 Å². The van der Waals surface area contributed by atoms with Crippen molar-refractivity contribution in [3.05, 3.63) is 0 Å². The summed E-state index contributed by atoms with van der Waals surface area (Å²) < 4.78 is 0. The van der Waals surface area contributed by atoms with Gasteiger partial charge in [-0.1, -0.05) is 0 Å². The molecular formula is C11H18N2O7. The van der Waals surface area contributed by atoms with Crippen molar-refractivity contribution < 1.29 is 34.5 Å². The summed E-state index contributed by atoms with van der Waals surface area (Å²) in [6, 6.07) is -2.19. The molecule has 9 nitrogen and oxygen atoms in total. The summed E-state index contributed by atoms with van der Waals surface area (Å²) in [4.78, 5) is 42.8. The summed E-state index contributed by atoms with van der Waals surface area (Å²) in [5.74, 6) is -4.05. The minimum absolute atomic E-state index is 0.00817. The number of aliphatic carboxylic acids is 3. The first-order valence-corrected chi connectivity index (χ1v) is 5.92. The number of nitrogens with one attached hydrogen (secondary N) is 2. The maximum Gasteiger partial charge on any atom is 0.326 e. The van der Waals surface area contributed by atoms with Crippen molar-refractivity contribution in [3.8, 4) is 0 Å². The molecule has 0 fully saturated rings. The van der Waals surface area contributed by atoms with Crippen LogP contribution in [0.2, 0.25) is 0 Å². The molecule has 1 amide bonds. The van der Waals surface area contributed by atoms with Crippen LogP contribution in [0.1, 0.15) is 26.2 Å². The first-order chi connectivity index (χ1) is 9.23.